The Balaban J connectivity index is 4.55. The van der Waals surface area contributed by atoms with Gasteiger partial charge in [-0.1, -0.05) is 11.8 Å². The molecule has 2 N–H and O–H groups in total. The Bertz CT molecular complexity index is 499. The second-order valence-electron chi connectivity index (χ2n) is 8.13. The Morgan fingerprint density at radius 3 is 2.16 bits per heavy atom. The van der Waals surface area contributed by atoms with Crippen molar-refractivity contribution in [2.75, 3.05) is 20.1 Å². The summed E-state index contributed by atoms with van der Waals surface area (Å²) in [5, 5.41) is 11.7. The fourth-order valence-corrected chi connectivity index (χ4v) is 1.47. The summed E-state index contributed by atoms with van der Waals surface area (Å²) in [4.78, 5) is 13.5. The lowest BCUT2D eigenvalue weighted by atomic mass is 10.1. The van der Waals surface area contributed by atoms with Gasteiger partial charge in [-0.05, 0) is 47.6 Å². The van der Waals surface area contributed by atoms with E-state index in [0.717, 1.165) is 0 Å². The van der Waals surface area contributed by atoms with Crippen molar-refractivity contribution >= 4 is 5.91 Å². The van der Waals surface area contributed by atoms with Crippen molar-refractivity contribution in [2.45, 2.75) is 66.0 Å². The van der Waals surface area contributed by atoms with Gasteiger partial charge in [0.2, 0.25) is 5.91 Å². The lowest BCUT2D eigenvalue weighted by Crippen LogP contribution is -2.42. The van der Waals surface area contributed by atoms with Crippen LogP contribution in [0.15, 0.2) is 34.9 Å². The predicted octanol–water partition coefficient (Wildman–Crippen LogP) is 3.32. The average Bonchev–Trinajstić information content (AvgIpc) is 2.45. The summed E-state index contributed by atoms with van der Waals surface area (Å²) in [5.41, 5.74) is 0.383. The van der Waals surface area contributed by atoms with Crippen molar-refractivity contribution in [3.8, 4) is 0 Å². The van der Waals surface area contributed by atoms with Crippen molar-refractivity contribution in [3.63, 3.8) is 0 Å². The van der Waals surface area contributed by atoms with E-state index in [-0.39, 0.29) is 17.0 Å². The standard InChI is InChI=1S/C18H36N6O/c1-15(20-21-22(9)17(3,4)5)11-14-23(16(2)25)12-10-13-24(19)18(6,7)8/h10,13H,1,11-12,14,19H2,2-9H3/b13-10+,21-20?. The molecule has 25 heavy (non-hydrogen) atoms. The molecule has 0 aromatic heterocycles. The van der Waals surface area contributed by atoms with Gasteiger partial charge in [-0.2, -0.15) is 0 Å². The Labute approximate surface area is 153 Å². The van der Waals surface area contributed by atoms with E-state index < -0.39 is 0 Å². The van der Waals surface area contributed by atoms with Gasteiger partial charge in [0.1, 0.15) is 0 Å². The normalized spacial score (nSPS) is 12.7. The zero-order chi connectivity index (χ0) is 19.8. The molecule has 0 aromatic rings. The van der Waals surface area contributed by atoms with Gasteiger partial charge in [0, 0.05) is 45.2 Å². The number of nitrogens with zero attached hydrogens (tertiary/aromatic N) is 5. The minimum absolute atomic E-state index is 0.000489. The minimum atomic E-state index is -0.161. The van der Waals surface area contributed by atoms with Gasteiger partial charge in [-0.15, -0.1) is 5.11 Å². The third kappa shape index (κ3) is 9.86. The van der Waals surface area contributed by atoms with Crippen LogP contribution in [-0.4, -0.2) is 52.0 Å². The van der Waals surface area contributed by atoms with Gasteiger partial charge in [0.05, 0.1) is 11.2 Å². The van der Waals surface area contributed by atoms with E-state index in [1.807, 2.05) is 33.9 Å². The Morgan fingerprint density at radius 1 is 1.16 bits per heavy atom. The maximum atomic E-state index is 11.8. The highest BCUT2D eigenvalue weighted by Gasteiger charge is 2.16. The van der Waals surface area contributed by atoms with E-state index in [4.69, 9.17) is 5.84 Å². The third-order valence-corrected chi connectivity index (χ3v) is 3.77. The zero-order valence-electron chi connectivity index (χ0n) is 17.2. The molecule has 0 unspecified atom stereocenters. The molecule has 0 atom stereocenters. The number of rotatable bonds is 8. The number of hydrogen-bond acceptors (Lipinski definition) is 5. The summed E-state index contributed by atoms with van der Waals surface area (Å²) in [7, 11) is 1.87. The molecular weight excluding hydrogens is 316 g/mol. The molecule has 0 aliphatic carbocycles. The molecule has 1 amide bonds. The molecule has 0 aliphatic heterocycles. The lowest BCUT2D eigenvalue weighted by molar-refractivity contribution is -0.128. The van der Waals surface area contributed by atoms with E-state index >= 15 is 0 Å². The summed E-state index contributed by atoms with van der Waals surface area (Å²) >= 11 is 0. The third-order valence-electron chi connectivity index (χ3n) is 3.77. The zero-order valence-corrected chi connectivity index (χ0v) is 17.2. The largest absolute Gasteiger partial charge is 0.339 e. The molecule has 0 heterocycles. The number of hydrogen-bond donors (Lipinski definition) is 1. The minimum Gasteiger partial charge on any atom is -0.339 e. The first-order valence-electron chi connectivity index (χ1n) is 8.54. The first-order valence-corrected chi connectivity index (χ1v) is 8.54. The lowest BCUT2D eigenvalue weighted by Gasteiger charge is -2.30. The van der Waals surface area contributed by atoms with Gasteiger partial charge < -0.3 is 9.91 Å². The van der Waals surface area contributed by atoms with Gasteiger partial charge in [-0.25, -0.2) is 5.84 Å². The van der Waals surface area contributed by atoms with Crippen LogP contribution in [0.1, 0.15) is 54.9 Å². The molecular formula is C18H36N6O. The molecule has 144 valence electrons. The molecule has 0 saturated heterocycles. The van der Waals surface area contributed by atoms with Crippen molar-refractivity contribution in [2.24, 2.45) is 16.2 Å². The number of carbonyl (C=O) groups excluding carboxylic acids is 1. The number of carbonyl (C=O) groups is 1. The van der Waals surface area contributed by atoms with E-state index in [2.05, 4.69) is 37.7 Å². The molecule has 7 nitrogen and oxygen atoms in total. The highest BCUT2D eigenvalue weighted by Crippen LogP contribution is 2.13. The molecule has 7 heteroatoms. The molecule has 0 fully saturated rings. The van der Waals surface area contributed by atoms with Crippen LogP contribution in [0.3, 0.4) is 0 Å². The summed E-state index contributed by atoms with van der Waals surface area (Å²) in [5.74, 6) is 5.94. The highest BCUT2D eigenvalue weighted by molar-refractivity contribution is 5.73. The van der Waals surface area contributed by atoms with Gasteiger partial charge >= 0.3 is 0 Å². The summed E-state index contributed by atoms with van der Waals surface area (Å²) in [6.07, 6.45) is 4.24. The van der Waals surface area contributed by atoms with Crippen molar-refractivity contribution in [1.82, 2.24) is 14.9 Å². The molecule has 0 saturated carbocycles. The van der Waals surface area contributed by atoms with Crippen molar-refractivity contribution in [1.29, 1.82) is 0 Å². The fourth-order valence-electron chi connectivity index (χ4n) is 1.47. The van der Waals surface area contributed by atoms with Crippen LogP contribution in [0.4, 0.5) is 0 Å². The highest BCUT2D eigenvalue weighted by atomic mass is 16.2. The van der Waals surface area contributed by atoms with Gasteiger partial charge in [0.25, 0.3) is 0 Å². The monoisotopic (exact) mass is 352 g/mol. The first kappa shape index (κ1) is 23.1. The van der Waals surface area contributed by atoms with E-state index in [9.17, 15) is 4.79 Å². The first-order chi connectivity index (χ1) is 11.2. The second kappa shape index (κ2) is 9.56. The summed E-state index contributed by atoms with van der Waals surface area (Å²) < 4.78 is 0. The maximum absolute atomic E-state index is 11.8. The van der Waals surface area contributed by atoms with Gasteiger partial charge in [0.15, 0.2) is 0 Å². The SMILES string of the molecule is C=C(CCN(C/C=C/N(N)C(C)(C)C)C(C)=O)N=NN(C)C(C)(C)C. The van der Waals surface area contributed by atoms with Crippen LogP contribution < -0.4 is 5.84 Å². The van der Waals surface area contributed by atoms with Crippen LogP contribution >= 0.6 is 0 Å². The topological polar surface area (TPSA) is 77.5 Å². The molecule has 0 spiro atoms. The Kier molecular flexibility index (Phi) is 8.83. The van der Waals surface area contributed by atoms with Crippen LogP contribution in [0.5, 0.6) is 0 Å². The van der Waals surface area contributed by atoms with E-state index in [1.165, 1.54) is 0 Å². The molecule has 0 rings (SSSR count). The fraction of sp³-hybridized carbons (Fsp3) is 0.722. The Morgan fingerprint density at radius 2 is 1.72 bits per heavy atom. The van der Waals surface area contributed by atoms with E-state index in [1.54, 1.807) is 28.0 Å². The van der Waals surface area contributed by atoms with Gasteiger partial charge in [-0.3, -0.25) is 9.80 Å². The number of amides is 1. The quantitative estimate of drug-likeness (QED) is 0.413. The summed E-state index contributed by atoms with van der Waals surface area (Å²) in [6.45, 7) is 18.7. The number of hydrazine groups is 1. The molecule has 0 aliphatic rings. The van der Waals surface area contributed by atoms with E-state index in [0.29, 0.717) is 25.2 Å². The second-order valence-corrected chi connectivity index (χ2v) is 8.13. The number of nitrogens with two attached hydrogens (primary N) is 1. The van der Waals surface area contributed by atoms with Crippen LogP contribution in [0.25, 0.3) is 0 Å². The Hall–Kier alpha value is -1.89. The molecule has 0 radical (unpaired) electrons. The molecule has 0 aromatic carbocycles. The summed E-state index contributed by atoms with van der Waals surface area (Å²) in [6, 6.07) is 0. The predicted molar refractivity (Wildman–Crippen MR) is 103 cm³/mol. The van der Waals surface area contributed by atoms with Crippen molar-refractivity contribution < 1.29 is 4.79 Å². The average molecular weight is 353 g/mol. The smallest absolute Gasteiger partial charge is 0.219 e. The van der Waals surface area contributed by atoms with Crippen LogP contribution in [0, 0.1) is 0 Å². The maximum Gasteiger partial charge on any atom is 0.219 e. The van der Waals surface area contributed by atoms with Crippen molar-refractivity contribution in [3.05, 3.63) is 24.6 Å². The van der Waals surface area contributed by atoms with Crippen LogP contribution in [-0.2, 0) is 4.79 Å². The molecule has 0 bridgehead atoms. The van der Waals surface area contributed by atoms with Crippen LogP contribution in [0.2, 0.25) is 0 Å².